The number of hydrogen-bond acceptors (Lipinski definition) is 3. The Kier molecular flexibility index (Phi) is 4.82. The molecular weight excluding hydrogens is 240 g/mol. The van der Waals surface area contributed by atoms with Crippen molar-refractivity contribution in [2.75, 3.05) is 13.1 Å². The minimum Gasteiger partial charge on any atom is -0.311 e. The lowest BCUT2D eigenvalue weighted by atomic mass is 9.91. The molecule has 0 aliphatic carbocycles. The first-order chi connectivity index (χ1) is 8.68. The number of thiophene rings is 1. The van der Waals surface area contributed by atoms with Crippen molar-refractivity contribution in [3.8, 4) is 0 Å². The maximum absolute atomic E-state index is 3.73. The van der Waals surface area contributed by atoms with Crippen molar-refractivity contribution in [2.24, 2.45) is 0 Å². The molecule has 1 N–H and O–H groups in total. The Bertz CT molecular complexity index is 349. The van der Waals surface area contributed by atoms with Crippen molar-refractivity contribution in [3.63, 3.8) is 0 Å². The molecule has 2 rings (SSSR count). The monoisotopic (exact) mass is 266 g/mol. The van der Waals surface area contributed by atoms with Crippen LogP contribution in [0.1, 0.15) is 44.9 Å². The lowest BCUT2D eigenvalue weighted by Crippen LogP contribution is -2.62. The minimum atomic E-state index is 0.314. The van der Waals surface area contributed by atoms with Crippen LogP contribution in [-0.2, 0) is 6.54 Å². The lowest BCUT2D eigenvalue weighted by Gasteiger charge is -2.48. The molecule has 2 heterocycles. The number of piperazine rings is 1. The standard InChI is InChI=1S/C15H26N2S/c1-4-7-13-10-17(11-14-8-6-9-18-14)15(3,5-2)12-16-13/h6,8-9,13,16H,4-5,7,10-12H2,1-3H3. The molecule has 3 heteroatoms. The Morgan fingerprint density at radius 3 is 2.94 bits per heavy atom. The quantitative estimate of drug-likeness (QED) is 0.877. The second-order valence-electron chi connectivity index (χ2n) is 5.68. The van der Waals surface area contributed by atoms with E-state index in [1.54, 1.807) is 0 Å². The maximum atomic E-state index is 3.73. The van der Waals surface area contributed by atoms with Crippen LogP contribution in [0.25, 0.3) is 0 Å². The molecule has 0 amide bonds. The zero-order chi connectivity index (χ0) is 13.0. The largest absolute Gasteiger partial charge is 0.311 e. The van der Waals surface area contributed by atoms with Crippen LogP contribution in [0.3, 0.4) is 0 Å². The lowest BCUT2D eigenvalue weighted by molar-refractivity contribution is 0.0405. The van der Waals surface area contributed by atoms with Gasteiger partial charge in [0, 0.05) is 36.1 Å². The van der Waals surface area contributed by atoms with Crippen LogP contribution in [0.5, 0.6) is 0 Å². The number of hydrogen-bond donors (Lipinski definition) is 1. The summed E-state index contributed by atoms with van der Waals surface area (Å²) in [5, 5.41) is 5.92. The third kappa shape index (κ3) is 3.14. The first kappa shape index (κ1) is 14.0. The van der Waals surface area contributed by atoms with E-state index in [0.717, 1.165) is 13.1 Å². The van der Waals surface area contributed by atoms with Crippen molar-refractivity contribution in [1.29, 1.82) is 0 Å². The van der Waals surface area contributed by atoms with Gasteiger partial charge in [0.25, 0.3) is 0 Å². The van der Waals surface area contributed by atoms with Gasteiger partial charge in [-0.1, -0.05) is 26.3 Å². The van der Waals surface area contributed by atoms with Crippen LogP contribution in [0.4, 0.5) is 0 Å². The van der Waals surface area contributed by atoms with E-state index in [-0.39, 0.29) is 0 Å². The van der Waals surface area contributed by atoms with Gasteiger partial charge in [-0.3, -0.25) is 4.90 Å². The maximum Gasteiger partial charge on any atom is 0.0334 e. The SMILES string of the molecule is CCCC1CN(Cc2cccs2)C(C)(CC)CN1. The van der Waals surface area contributed by atoms with Gasteiger partial charge in [-0.15, -0.1) is 11.3 Å². The molecule has 1 aliphatic heterocycles. The zero-order valence-corrected chi connectivity index (χ0v) is 12.7. The van der Waals surface area contributed by atoms with E-state index in [9.17, 15) is 0 Å². The third-order valence-corrected chi connectivity index (χ3v) is 5.16. The average molecular weight is 266 g/mol. The van der Waals surface area contributed by atoms with Crippen molar-refractivity contribution in [1.82, 2.24) is 10.2 Å². The van der Waals surface area contributed by atoms with Crippen LogP contribution >= 0.6 is 11.3 Å². The predicted octanol–water partition coefficient (Wildman–Crippen LogP) is 3.49. The summed E-state index contributed by atoms with van der Waals surface area (Å²) in [7, 11) is 0. The smallest absolute Gasteiger partial charge is 0.0334 e. The summed E-state index contributed by atoms with van der Waals surface area (Å²) in [6.45, 7) is 10.4. The number of nitrogens with zero attached hydrogens (tertiary/aromatic N) is 1. The van der Waals surface area contributed by atoms with Gasteiger partial charge < -0.3 is 5.32 Å². The summed E-state index contributed by atoms with van der Waals surface area (Å²) in [6, 6.07) is 5.10. The molecule has 2 atom stereocenters. The summed E-state index contributed by atoms with van der Waals surface area (Å²) < 4.78 is 0. The van der Waals surface area contributed by atoms with Gasteiger partial charge in [0.15, 0.2) is 0 Å². The van der Waals surface area contributed by atoms with E-state index in [0.29, 0.717) is 11.6 Å². The summed E-state index contributed by atoms with van der Waals surface area (Å²) in [4.78, 5) is 4.18. The van der Waals surface area contributed by atoms with Gasteiger partial charge in [-0.05, 0) is 31.2 Å². The van der Waals surface area contributed by atoms with Crippen LogP contribution in [0.15, 0.2) is 17.5 Å². The molecule has 1 saturated heterocycles. The summed E-state index contributed by atoms with van der Waals surface area (Å²) in [6.07, 6.45) is 3.78. The number of nitrogens with one attached hydrogen (secondary N) is 1. The molecular formula is C15H26N2S. The molecule has 1 aliphatic rings. The third-order valence-electron chi connectivity index (χ3n) is 4.30. The Morgan fingerprint density at radius 1 is 1.50 bits per heavy atom. The average Bonchev–Trinajstić information content (AvgIpc) is 2.87. The van der Waals surface area contributed by atoms with Crippen molar-refractivity contribution >= 4 is 11.3 Å². The fraction of sp³-hybridized carbons (Fsp3) is 0.733. The zero-order valence-electron chi connectivity index (χ0n) is 11.9. The van der Waals surface area contributed by atoms with Gasteiger partial charge in [0.2, 0.25) is 0 Å². The summed E-state index contributed by atoms with van der Waals surface area (Å²) in [5.74, 6) is 0. The topological polar surface area (TPSA) is 15.3 Å². The Balaban J connectivity index is 2.05. The molecule has 18 heavy (non-hydrogen) atoms. The highest BCUT2D eigenvalue weighted by Crippen LogP contribution is 2.27. The molecule has 2 unspecified atom stereocenters. The summed E-state index contributed by atoms with van der Waals surface area (Å²) >= 11 is 1.88. The van der Waals surface area contributed by atoms with Crippen molar-refractivity contribution in [2.45, 2.75) is 58.2 Å². The molecule has 2 nitrogen and oxygen atoms in total. The highest BCUT2D eigenvalue weighted by Gasteiger charge is 2.35. The molecule has 0 aromatic carbocycles. The first-order valence-corrected chi connectivity index (χ1v) is 8.06. The van der Waals surface area contributed by atoms with Crippen LogP contribution in [0.2, 0.25) is 0 Å². The van der Waals surface area contributed by atoms with Crippen LogP contribution in [0, 0.1) is 0 Å². The van der Waals surface area contributed by atoms with E-state index >= 15 is 0 Å². The second-order valence-corrected chi connectivity index (χ2v) is 6.71. The van der Waals surface area contributed by atoms with Crippen molar-refractivity contribution < 1.29 is 0 Å². The van der Waals surface area contributed by atoms with Crippen LogP contribution < -0.4 is 5.32 Å². The fourth-order valence-electron chi connectivity index (χ4n) is 2.76. The molecule has 1 aromatic rings. The Labute approximate surface area is 115 Å². The molecule has 0 bridgehead atoms. The van der Waals surface area contributed by atoms with E-state index in [1.807, 2.05) is 11.3 Å². The molecule has 1 fully saturated rings. The molecule has 0 saturated carbocycles. The Morgan fingerprint density at radius 2 is 2.33 bits per heavy atom. The number of rotatable bonds is 5. The van der Waals surface area contributed by atoms with E-state index < -0.39 is 0 Å². The predicted molar refractivity (Wildman–Crippen MR) is 80.1 cm³/mol. The summed E-state index contributed by atoms with van der Waals surface area (Å²) in [5.41, 5.74) is 0.314. The first-order valence-electron chi connectivity index (χ1n) is 7.18. The molecule has 1 aromatic heterocycles. The fourth-order valence-corrected chi connectivity index (χ4v) is 3.48. The Hall–Kier alpha value is -0.380. The molecule has 0 spiro atoms. The molecule has 0 radical (unpaired) electrons. The van der Waals surface area contributed by atoms with Gasteiger partial charge in [-0.2, -0.15) is 0 Å². The normalized spacial score (nSPS) is 29.6. The van der Waals surface area contributed by atoms with Crippen molar-refractivity contribution in [3.05, 3.63) is 22.4 Å². The van der Waals surface area contributed by atoms with Gasteiger partial charge in [-0.25, -0.2) is 0 Å². The second kappa shape index (κ2) is 6.18. The highest BCUT2D eigenvalue weighted by molar-refractivity contribution is 7.09. The van der Waals surface area contributed by atoms with E-state index in [2.05, 4.69) is 48.5 Å². The van der Waals surface area contributed by atoms with Gasteiger partial charge in [0.1, 0.15) is 0 Å². The van der Waals surface area contributed by atoms with E-state index in [1.165, 1.54) is 30.7 Å². The van der Waals surface area contributed by atoms with Gasteiger partial charge in [0.05, 0.1) is 0 Å². The molecule has 102 valence electrons. The van der Waals surface area contributed by atoms with Crippen LogP contribution in [-0.4, -0.2) is 29.6 Å². The minimum absolute atomic E-state index is 0.314. The highest BCUT2D eigenvalue weighted by atomic mass is 32.1. The van der Waals surface area contributed by atoms with Gasteiger partial charge >= 0.3 is 0 Å². The van der Waals surface area contributed by atoms with E-state index in [4.69, 9.17) is 0 Å².